The third-order valence-corrected chi connectivity index (χ3v) is 5.68. The van der Waals surface area contributed by atoms with Gasteiger partial charge in [-0.25, -0.2) is 9.97 Å². The Morgan fingerprint density at radius 1 is 1.19 bits per heavy atom. The Kier molecular flexibility index (Phi) is 5.59. The molecule has 0 atom stereocenters. The zero-order chi connectivity index (χ0) is 23.0. The molecule has 32 heavy (non-hydrogen) atoms. The number of amides is 1. The minimum atomic E-state index is -4.73. The van der Waals surface area contributed by atoms with Crippen LogP contribution in [0.1, 0.15) is 35.9 Å². The number of aryl methyl sites for hydroxylation is 1. The van der Waals surface area contributed by atoms with Gasteiger partial charge in [0.05, 0.1) is 22.3 Å². The van der Waals surface area contributed by atoms with E-state index in [1.54, 1.807) is 30.8 Å². The number of anilines is 1. The van der Waals surface area contributed by atoms with Gasteiger partial charge in [-0.2, -0.15) is 18.3 Å². The molecule has 1 aromatic carbocycles. The van der Waals surface area contributed by atoms with E-state index >= 15 is 0 Å². The van der Waals surface area contributed by atoms with Crippen LogP contribution in [-0.2, 0) is 13.2 Å². The van der Waals surface area contributed by atoms with Crippen molar-refractivity contribution in [1.29, 1.82) is 0 Å². The highest BCUT2D eigenvalue weighted by Gasteiger charge is 2.40. The van der Waals surface area contributed by atoms with E-state index in [2.05, 4.69) is 20.4 Å². The molecule has 1 N–H and O–H groups in total. The normalized spacial score (nSPS) is 11.8. The van der Waals surface area contributed by atoms with Crippen molar-refractivity contribution >= 4 is 22.4 Å². The molecule has 0 aliphatic heterocycles. The van der Waals surface area contributed by atoms with E-state index in [1.807, 2.05) is 37.4 Å². The lowest BCUT2D eigenvalue weighted by molar-refractivity contribution is -0.145. The molecule has 0 aliphatic rings. The zero-order valence-corrected chi connectivity index (χ0v) is 18.2. The number of hydrogen-bond acceptors (Lipinski definition) is 5. The summed E-state index contributed by atoms with van der Waals surface area (Å²) in [4.78, 5) is 22.3. The number of thiazole rings is 1. The molecule has 0 saturated heterocycles. The van der Waals surface area contributed by atoms with E-state index in [1.165, 1.54) is 0 Å². The molecule has 7 nitrogen and oxygen atoms in total. The summed E-state index contributed by atoms with van der Waals surface area (Å²) in [7, 11) is 1.82. The van der Waals surface area contributed by atoms with Crippen LogP contribution < -0.4 is 5.32 Å². The first-order valence-corrected chi connectivity index (χ1v) is 10.5. The second-order valence-electron chi connectivity index (χ2n) is 7.32. The topological polar surface area (TPSA) is 77.6 Å². The van der Waals surface area contributed by atoms with E-state index in [0.29, 0.717) is 16.4 Å². The summed E-state index contributed by atoms with van der Waals surface area (Å²) in [6.07, 6.45) is -0.386. The van der Waals surface area contributed by atoms with E-state index in [4.69, 9.17) is 0 Å². The minimum Gasteiger partial charge on any atom is -0.333 e. The smallest absolute Gasteiger partial charge is 0.333 e. The highest BCUT2D eigenvalue weighted by Crippen LogP contribution is 2.39. The molecule has 4 rings (SSSR count). The number of alkyl halides is 3. The zero-order valence-electron chi connectivity index (χ0n) is 17.4. The first-order valence-electron chi connectivity index (χ1n) is 9.66. The van der Waals surface area contributed by atoms with Gasteiger partial charge in [-0.05, 0) is 13.8 Å². The van der Waals surface area contributed by atoms with Gasteiger partial charge in [0.2, 0.25) is 0 Å². The molecule has 4 aromatic rings. The van der Waals surface area contributed by atoms with Crippen LogP contribution in [0.3, 0.4) is 0 Å². The first-order chi connectivity index (χ1) is 15.2. The Balaban J connectivity index is 1.74. The molecule has 1 amide bonds. The number of aromatic nitrogens is 5. The molecule has 0 aliphatic carbocycles. The van der Waals surface area contributed by atoms with E-state index in [-0.39, 0.29) is 5.13 Å². The summed E-state index contributed by atoms with van der Waals surface area (Å²) in [6, 6.07) is 8.73. The maximum Gasteiger partial charge on any atom is 0.433 e. The number of benzene rings is 1. The molecule has 0 bridgehead atoms. The van der Waals surface area contributed by atoms with E-state index < -0.39 is 29.4 Å². The SMILES string of the molecule is CC(C)n1ncc(C(=O)Nc2nc(-c3ccccc3)c(-c3nccn3C)s2)c1C(F)(F)F. The average molecular weight is 460 g/mol. The Morgan fingerprint density at radius 3 is 2.50 bits per heavy atom. The van der Waals surface area contributed by atoms with Crippen LogP contribution in [0.2, 0.25) is 0 Å². The molecule has 0 unspecified atom stereocenters. The predicted octanol–water partition coefficient (Wildman–Crippen LogP) is 5.26. The third-order valence-electron chi connectivity index (χ3n) is 4.72. The number of halogens is 3. The van der Waals surface area contributed by atoms with Crippen LogP contribution in [0.15, 0.2) is 48.9 Å². The van der Waals surface area contributed by atoms with E-state index in [0.717, 1.165) is 27.8 Å². The van der Waals surface area contributed by atoms with Gasteiger partial charge in [0, 0.05) is 31.0 Å². The Morgan fingerprint density at radius 2 is 1.91 bits per heavy atom. The van der Waals surface area contributed by atoms with Crippen LogP contribution in [0, 0.1) is 0 Å². The Hall–Kier alpha value is -3.47. The van der Waals surface area contributed by atoms with Gasteiger partial charge in [-0.15, -0.1) is 0 Å². The molecule has 0 spiro atoms. The van der Waals surface area contributed by atoms with Crippen molar-refractivity contribution in [3.63, 3.8) is 0 Å². The van der Waals surface area contributed by atoms with Crippen LogP contribution in [0.25, 0.3) is 22.0 Å². The first kappa shape index (κ1) is 21.8. The lowest BCUT2D eigenvalue weighted by Crippen LogP contribution is -2.22. The number of carbonyl (C=O) groups excluding carboxylic acids is 1. The molecular weight excluding hydrogens is 441 g/mol. The van der Waals surface area contributed by atoms with Crippen molar-refractivity contribution in [3.05, 3.63) is 60.2 Å². The van der Waals surface area contributed by atoms with Crippen LogP contribution >= 0.6 is 11.3 Å². The van der Waals surface area contributed by atoms with Gasteiger partial charge >= 0.3 is 6.18 Å². The third kappa shape index (κ3) is 4.03. The van der Waals surface area contributed by atoms with Gasteiger partial charge in [0.1, 0.15) is 0 Å². The molecule has 0 radical (unpaired) electrons. The number of carbonyl (C=O) groups is 1. The maximum atomic E-state index is 13.7. The van der Waals surface area contributed by atoms with Crippen molar-refractivity contribution in [2.75, 3.05) is 5.32 Å². The fourth-order valence-corrected chi connectivity index (χ4v) is 4.29. The van der Waals surface area contributed by atoms with Gasteiger partial charge < -0.3 is 4.57 Å². The summed E-state index contributed by atoms with van der Waals surface area (Å²) in [5.74, 6) is -0.297. The number of imidazole rings is 1. The molecule has 0 fully saturated rings. The number of hydrogen-bond donors (Lipinski definition) is 1. The maximum absolute atomic E-state index is 13.7. The molecular formula is C21H19F3N6OS. The van der Waals surface area contributed by atoms with Crippen LogP contribution in [0.4, 0.5) is 18.3 Å². The second kappa shape index (κ2) is 8.23. The summed E-state index contributed by atoms with van der Waals surface area (Å²) in [5.41, 5.74) is -0.268. The summed E-state index contributed by atoms with van der Waals surface area (Å²) < 4.78 is 43.6. The highest BCUT2D eigenvalue weighted by molar-refractivity contribution is 7.19. The van der Waals surface area contributed by atoms with Crippen LogP contribution in [0.5, 0.6) is 0 Å². The minimum absolute atomic E-state index is 0.164. The molecule has 0 saturated carbocycles. The number of nitrogens with zero attached hydrogens (tertiary/aromatic N) is 5. The second-order valence-corrected chi connectivity index (χ2v) is 8.32. The van der Waals surface area contributed by atoms with Crippen LogP contribution in [-0.4, -0.2) is 30.2 Å². The molecule has 3 heterocycles. The molecule has 11 heteroatoms. The predicted molar refractivity (Wildman–Crippen MR) is 115 cm³/mol. The number of rotatable bonds is 5. The van der Waals surface area contributed by atoms with Crippen molar-refractivity contribution in [3.8, 4) is 22.0 Å². The van der Waals surface area contributed by atoms with Crippen molar-refractivity contribution in [1.82, 2.24) is 24.3 Å². The number of nitrogens with one attached hydrogen (secondary N) is 1. The standard InChI is InChI=1S/C21H19F3N6OS/c1-12(2)30-17(21(22,23)24)14(11-26-30)19(31)28-20-27-15(13-7-5-4-6-8-13)16(32-20)18-25-9-10-29(18)3/h4-12H,1-3H3,(H,27,28,31). The van der Waals surface area contributed by atoms with Gasteiger partial charge in [-0.1, -0.05) is 41.7 Å². The lowest BCUT2D eigenvalue weighted by Gasteiger charge is -2.14. The van der Waals surface area contributed by atoms with Crippen molar-refractivity contribution < 1.29 is 18.0 Å². The van der Waals surface area contributed by atoms with E-state index in [9.17, 15) is 18.0 Å². The van der Waals surface area contributed by atoms with Gasteiger partial charge in [-0.3, -0.25) is 14.8 Å². The van der Waals surface area contributed by atoms with Crippen molar-refractivity contribution in [2.45, 2.75) is 26.1 Å². The summed E-state index contributed by atoms with van der Waals surface area (Å²) in [5, 5.41) is 6.45. The van der Waals surface area contributed by atoms with Gasteiger partial charge in [0.25, 0.3) is 5.91 Å². The molecule has 166 valence electrons. The summed E-state index contributed by atoms with van der Waals surface area (Å²) >= 11 is 1.14. The molecule has 3 aromatic heterocycles. The Bertz CT molecular complexity index is 1260. The van der Waals surface area contributed by atoms with Gasteiger partial charge in [0.15, 0.2) is 16.6 Å². The fraction of sp³-hybridized carbons (Fsp3) is 0.238. The van der Waals surface area contributed by atoms with Crippen molar-refractivity contribution in [2.24, 2.45) is 7.05 Å². The fourth-order valence-electron chi connectivity index (χ4n) is 3.27. The average Bonchev–Trinajstić information content (AvgIpc) is 3.45. The largest absolute Gasteiger partial charge is 0.433 e. The lowest BCUT2D eigenvalue weighted by atomic mass is 10.1. The Labute approximate surface area is 185 Å². The monoisotopic (exact) mass is 460 g/mol. The highest BCUT2D eigenvalue weighted by atomic mass is 32.1. The summed E-state index contributed by atoms with van der Waals surface area (Å²) in [6.45, 7) is 3.13. The quantitative estimate of drug-likeness (QED) is 0.441.